The van der Waals surface area contributed by atoms with Crippen LogP contribution in [0.2, 0.25) is 0 Å². The second-order valence-electron chi connectivity index (χ2n) is 6.82. The highest BCUT2D eigenvalue weighted by Crippen LogP contribution is 2.05. The van der Waals surface area contributed by atoms with Crippen LogP contribution in [0.5, 0.6) is 0 Å². The summed E-state index contributed by atoms with van der Waals surface area (Å²) < 4.78 is 0. The fourth-order valence-electron chi connectivity index (χ4n) is 2.54. The molecule has 0 bridgehead atoms. The summed E-state index contributed by atoms with van der Waals surface area (Å²) in [5.74, 6) is -2.73. The average molecular weight is 392 g/mol. The van der Waals surface area contributed by atoms with Crippen LogP contribution in [0.25, 0.3) is 0 Å². The van der Waals surface area contributed by atoms with Crippen LogP contribution in [0.1, 0.15) is 25.8 Å². The Morgan fingerprint density at radius 1 is 1.00 bits per heavy atom. The van der Waals surface area contributed by atoms with Gasteiger partial charge in [0.25, 0.3) is 0 Å². The zero-order chi connectivity index (χ0) is 21.1. The van der Waals surface area contributed by atoms with E-state index >= 15 is 0 Å². The summed E-state index contributed by atoms with van der Waals surface area (Å²) in [6.45, 7) is 3.02. The highest BCUT2D eigenvalue weighted by atomic mass is 16.4. The van der Waals surface area contributed by atoms with Gasteiger partial charge in [0.2, 0.25) is 17.7 Å². The van der Waals surface area contributed by atoms with Gasteiger partial charge in [-0.05, 0) is 17.9 Å². The number of nitrogens with two attached hydrogens (primary N) is 1. The van der Waals surface area contributed by atoms with Gasteiger partial charge in [0.05, 0.1) is 13.1 Å². The number of benzene rings is 1. The predicted molar refractivity (Wildman–Crippen MR) is 103 cm³/mol. The van der Waals surface area contributed by atoms with Gasteiger partial charge < -0.3 is 26.8 Å². The number of rotatable bonds is 11. The molecule has 3 amide bonds. The van der Waals surface area contributed by atoms with E-state index in [1.54, 1.807) is 0 Å². The summed E-state index contributed by atoms with van der Waals surface area (Å²) in [6, 6.07) is 7.14. The van der Waals surface area contributed by atoms with Crippen LogP contribution >= 0.6 is 0 Å². The van der Waals surface area contributed by atoms with E-state index in [1.165, 1.54) is 0 Å². The molecule has 1 aromatic carbocycles. The van der Waals surface area contributed by atoms with E-state index in [0.29, 0.717) is 0 Å². The molecular formula is C19H28N4O5. The Balaban J connectivity index is 2.66. The second kappa shape index (κ2) is 11.7. The maximum Gasteiger partial charge on any atom is 0.326 e. The lowest BCUT2D eigenvalue weighted by Gasteiger charge is -2.19. The lowest BCUT2D eigenvalue weighted by molar-refractivity contribution is -0.142. The van der Waals surface area contributed by atoms with Crippen LogP contribution < -0.4 is 21.7 Å². The number of nitrogens with one attached hydrogen (secondary N) is 3. The lowest BCUT2D eigenvalue weighted by atomic mass is 10.0. The lowest BCUT2D eigenvalue weighted by Crippen LogP contribution is -2.52. The normalized spacial score (nSPS) is 12.7. The molecule has 2 unspecified atom stereocenters. The van der Waals surface area contributed by atoms with E-state index < -0.39 is 42.3 Å². The third-order valence-electron chi connectivity index (χ3n) is 3.88. The Hall–Kier alpha value is -2.94. The summed E-state index contributed by atoms with van der Waals surface area (Å²) in [7, 11) is 0. The fraction of sp³-hybridized carbons (Fsp3) is 0.474. The van der Waals surface area contributed by atoms with E-state index in [1.807, 2.05) is 44.2 Å². The topological polar surface area (TPSA) is 151 Å². The van der Waals surface area contributed by atoms with Crippen LogP contribution in [0.15, 0.2) is 30.3 Å². The van der Waals surface area contributed by atoms with Crippen LogP contribution in [0.4, 0.5) is 0 Å². The Kier molecular flexibility index (Phi) is 9.66. The number of amides is 3. The van der Waals surface area contributed by atoms with Crippen molar-refractivity contribution in [3.05, 3.63) is 35.9 Å². The molecule has 0 fully saturated rings. The van der Waals surface area contributed by atoms with Crippen molar-refractivity contribution >= 4 is 23.7 Å². The van der Waals surface area contributed by atoms with Gasteiger partial charge in [0, 0.05) is 6.42 Å². The highest BCUT2D eigenvalue weighted by molar-refractivity contribution is 5.92. The van der Waals surface area contributed by atoms with E-state index in [-0.39, 0.29) is 25.3 Å². The Morgan fingerprint density at radius 2 is 1.61 bits per heavy atom. The predicted octanol–water partition coefficient (Wildman–Crippen LogP) is -0.596. The van der Waals surface area contributed by atoms with Crippen molar-refractivity contribution in [2.75, 3.05) is 13.1 Å². The van der Waals surface area contributed by atoms with E-state index in [2.05, 4.69) is 16.0 Å². The zero-order valence-electron chi connectivity index (χ0n) is 16.1. The van der Waals surface area contributed by atoms with Crippen molar-refractivity contribution in [3.8, 4) is 0 Å². The van der Waals surface area contributed by atoms with E-state index in [9.17, 15) is 19.2 Å². The number of hydrogen-bond acceptors (Lipinski definition) is 5. The molecule has 1 aromatic rings. The molecule has 28 heavy (non-hydrogen) atoms. The molecule has 0 heterocycles. The number of carbonyl (C=O) groups is 4. The largest absolute Gasteiger partial charge is 0.480 e. The minimum atomic E-state index is -1.13. The van der Waals surface area contributed by atoms with Crippen LogP contribution in [0, 0.1) is 5.92 Å². The van der Waals surface area contributed by atoms with Crippen molar-refractivity contribution in [1.82, 2.24) is 16.0 Å². The molecule has 0 radical (unpaired) electrons. The molecule has 0 spiro atoms. The van der Waals surface area contributed by atoms with Crippen molar-refractivity contribution in [2.24, 2.45) is 11.7 Å². The molecule has 0 aliphatic rings. The number of hydrogen-bond donors (Lipinski definition) is 5. The van der Waals surface area contributed by atoms with Crippen molar-refractivity contribution < 1.29 is 24.3 Å². The molecule has 6 N–H and O–H groups in total. The van der Waals surface area contributed by atoms with Gasteiger partial charge in [-0.25, -0.2) is 4.79 Å². The SMILES string of the molecule is CC(C)CC(NC(=O)CNC(=O)C(Cc1ccccc1)NC(=O)CN)C(=O)O. The van der Waals surface area contributed by atoms with Gasteiger partial charge in [-0.3, -0.25) is 14.4 Å². The molecule has 9 nitrogen and oxygen atoms in total. The molecule has 0 aliphatic carbocycles. The highest BCUT2D eigenvalue weighted by Gasteiger charge is 2.24. The van der Waals surface area contributed by atoms with Gasteiger partial charge in [-0.15, -0.1) is 0 Å². The molecule has 0 saturated carbocycles. The third kappa shape index (κ3) is 8.63. The fourth-order valence-corrected chi connectivity index (χ4v) is 2.54. The van der Waals surface area contributed by atoms with Gasteiger partial charge in [0.15, 0.2) is 0 Å². The van der Waals surface area contributed by atoms with E-state index in [4.69, 9.17) is 10.8 Å². The molecular weight excluding hydrogens is 364 g/mol. The first-order valence-electron chi connectivity index (χ1n) is 9.06. The zero-order valence-corrected chi connectivity index (χ0v) is 16.1. The Labute approximate surface area is 164 Å². The summed E-state index contributed by atoms with van der Waals surface area (Å²) in [5, 5.41) is 16.5. The monoisotopic (exact) mass is 392 g/mol. The average Bonchev–Trinajstić information content (AvgIpc) is 2.65. The summed E-state index contributed by atoms with van der Waals surface area (Å²) in [6.07, 6.45) is 0.503. The quantitative estimate of drug-likeness (QED) is 0.339. The van der Waals surface area contributed by atoms with Crippen molar-refractivity contribution in [3.63, 3.8) is 0 Å². The molecule has 2 atom stereocenters. The Morgan fingerprint density at radius 3 is 2.14 bits per heavy atom. The standard InChI is InChI=1S/C19H28N4O5/c1-12(2)8-15(19(27)28)23-17(25)11-21-18(26)14(22-16(24)10-20)9-13-6-4-3-5-7-13/h3-7,12,14-15H,8-11,20H2,1-2H3,(H,21,26)(H,22,24)(H,23,25)(H,27,28). The molecule has 1 rings (SSSR count). The smallest absolute Gasteiger partial charge is 0.326 e. The van der Waals surface area contributed by atoms with Crippen LogP contribution in [0.3, 0.4) is 0 Å². The number of carboxylic acids is 1. The molecule has 0 saturated heterocycles. The van der Waals surface area contributed by atoms with Gasteiger partial charge in [-0.1, -0.05) is 44.2 Å². The maximum atomic E-state index is 12.4. The first kappa shape index (κ1) is 23.1. The molecule has 0 aliphatic heterocycles. The number of carbonyl (C=O) groups excluding carboxylic acids is 3. The third-order valence-corrected chi connectivity index (χ3v) is 3.88. The summed E-state index contributed by atoms with van der Waals surface area (Å²) in [5.41, 5.74) is 6.12. The molecule has 154 valence electrons. The second-order valence-corrected chi connectivity index (χ2v) is 6.82. The minimum Gasteiger partial charge on any atom is -0.480 e. The summed E-state index contributed by atoms with van der Waals surface area (Å²) in [4.78, 5) is 47.3. The molecule has 0 aromatic heterocycles. The number of carboxylic acid groups (broad SMARTS) is 1. The minimum absolute atomic E-state index is 0.0812. The first-order chi connectivity index (χ1) is 13.2. The Bertz CT molecular complexity index is 678. The van der Waals surface area contributed by atoms with Crippen molar-refractivity contribution in [1.29, 1.82) is 0 Å². The van der Waals surface area contributed by atoms with Crippen LogP contribution in [-0.4, -0.2) is 54.0 Å². The maximum absolute atomic E-state index is 12.4. The first-order valence-corrected chi connectivity index (χ1v) is 9.06. The van der Waals surface area contributed by atoms with Crippen LogP contribution in [-0.2, 0) is 25.6 Å². The van der Waals surface area contributed by atoms with Crippen molar-refractivity contribution in [2.45, 2.75) is 38.8 Å². The van der Waals surface area contributed by atoms with Gasteiger partial charge in [0.1, 0.15) is 12.1 Å². The summed E-state index contributed by atoms with van der Waals surface area (Å²) >= 11 is 0. The molecule has 9 heteroatoms. The van der Waals surface area contributed by atoms with Gasteiger partial charge in [-0.2, -0.15) is 0 Å². The van der Waals surface area contributed by atoms with E-state index in [0.717, 1.165) is 5.56 Å². The number of aliphatic carboxylic acids is 1. The van der Waals surface area contributed by atoms with Gasteiger partial charge >= 0.3 is 5.97 Å².